The van der Waals surface area contributed by atoms with Crippen LogP contribution in [0.15, 0.2) is 53.7 Å². The highest BCUT2D eigenvalue weighted by molar-refractivity contribution is 8.00. The van der Waals surface area contributed by atoms with Gasteiger partial charge in [0.25, 0.3) is 0 Å². The number of carbonyl (C=O) groups excluding carboxylic acids is 1. The molecule has 2 aromatic heterocycles. The minimum absolute atomic E-state index is 0.0257. The fourth-order valence-corrected chi connectivity index (χ4v) is 4.17. The lowest BCUT2D eigenvalue weighted by Gasteiger charge is -2.10. The maximum Gasteiger partial charge on any atom is 0.211 e. The Kier molecular flexibility index (Phi) is 5.49. The number of thioether (sulfide) groups is 1. The number of nitrogens with zero attached hydrogens (tertiary/aromatic N) is 4. The van der Waals surface area contributed by atoms with Crippen molar-refractivity contribution in [2.75, 3.05) is 6.61 Å². The van der Waals surface area contributed by atoms with E-state index in [1.54, 1.807) is 12.1 Å². The Bertz CT molecular complexity index is 1170. The third-order valence-corrected chi connectivity index (χ3v) is 5.72. The zero-order valence-electron chi connectivity index (χ0n) is 16.6. The third-order valence-electron chi connectivity index (χ3n) is 4.77. The number of ketones is 1. The van der Waals surface area contributed by atoms with Gasteiger partial charge in [-0.3, -0.25) is 4.79 Å². The van der Waals surface area contributed by atoms with Crippen LogP contribution in [0.2, 0.25) is 0 Å². The van der Waals surface area contributed by atoms with Gasteiger partial charge in [0.2, 0.25) is 5.16 Å². The summed E-state index contributed by atoms with van der Waals surface area (Å²) in [5, 5.41) is 9.90. The van der Waals surface area contributed by atoms with Gasteiger partial charge in [0.05, 0.1) is 17.4 Å². The lowest BCUT2D eigenvalue weighted by atomic mass is 10.1. The summed E-state index contributed by atoms with van der Waals surface area (Å²) in [6.07, 6.45) is 0. The van der Waals surface area contributed by atoms with Crippen molar-refractivity contribution < 1.29 is 9.53 Å². The topological polar surface area (TPSA) is 69.9 Å². The van der Waals surface area contributed by atoms with Gasteiger partial charge in [-0.1, -0.05) is 30.0 Å². The van der Waals surface area contributed by atoms with Crippen molar-refractivity contribution >= 4 is 39.6 Å². The summed E-state index contributed by atoms with van der Waals surface area (Å²) in [5.74, 6) is 0.785. The summed E-state index contributed by atoms with van der Waals surface area (Å²) in [4.78, 5) is 17.5. The Morgan fingerprint density at radius 2 is 1.86 bits per heavy atom. The van der Waals surface area contributed by atoms with Crippen LogP contribution >= 0.6 is 11.8 Å². The van der Waals surface area contributed by atoms with Crippen LogP contribution in [-0.2, 0) is 6.54 Å². The molecule has 2 aromatic carbocycles. The molecule has 0 spiro atoms. The standard InChI is InChI=1S/C22H22N4O2S/c1-4-26-18-9-7-6-8-17(18)19-21(26)23-22(25-24-19)29-14(3)20(27)15-10-12-16(13-11-15)28-5-2/h6-14H,4-5H2,1-3H3/t14-/m1/s1. The normalized spacial score (nSPS) is 12.4. The fraction of sp³-hybridized carbons (Fsp3) is 0.273. The average molecular weight is 407 g/mol. The zero-order valence-corrected chi connectivity index (χ0v) is 17.4. The van der Waals surface area contributed by atoms with Gasteiger partial charge in [-0.15, -0.1) is 10.2 Å². The number of aromatic nitrogens is 4. The van der Waals surface area contributed by atoms with Crippen LogP contribution in [0, 0.1) is 0 Å². The van der Waals surface area contributed by atoms with E-state index in [9.17, 15) is 4.79 Å². The molecule has 6 nitrogen and oxygen atoms in total. The molecular weight excluding hydrogens is 384 g/mol. The number of para-hydroxylation sites is 1. The molecule has 29 heavy (non-hydrogen) atoms. The van der Waals surface area contributed by atoms with Crippen molar-refractivity contribution in [1.29, 1.82) is 0 Å². The van der Waals surface area contributed by atoms with Crippen LogP contribution in [0.25, 0.3) is 22.1 Å². The Morgan fingerprint density at radius 1 is 1.10 bits per heavy atom. The van der Waals surface area contributed by atoms with Crippen molar-refractivity contribution in [2.45, 2.75) is 37.7 Å². The molecule has 0 saturated heterocycles. The molecule has 0 fully saturated rings. The summed E-state index contributed by atoms with van der Waals surface area (Å²) in [6.45, 7) is 7.26. The first-order chi connectivity index (χ1) is 14.1. The molecule has 0 aliphatic carbocycles. The number of Topliss-reactive ketones (excluding diaryl/α,β-unsaturated/α-hetero) is 1. The predicted molar refractivity (Wildman–Crippen MR) is 116 cm³/mol. The number of hydrogen-bond donors (Lipinski definition) is 0. The predicted octanol–water partition coefficient (Wildman–Crippen LogP) is 4.76. The molecule has 0 aliphatic rings. The largest absolute Gasteiger partial charge is 0.494 e. The molecule has 0 N–H and O–H groups in total. The highest BCUT2D eigenvalue weighted by Crippen LogP contribution is 2.29. The van der Waals surface area contributed by atoms with Gasteiger partial charge in [-0.2, -0.15) is 0 Å². The highest BCUT2D eigenvalue weighted by atomic mass is 32.2. The number of hydrogen-bond acceptors (Lipinski definition) is 6. The van der Waals surface area contributed by atoms with Gasteiger partial charge in [-0.25, -0.2) is 4.98 Å². The smallest absolute Gasteiger partial charge is 0.211 e. The minimum Gasteiger partial charge on any atom is -0.494 e. The molecule has 2 heterocycles. The van der Waals surface area contributed by atoms with E-state index < -0.39 is 0 Å². The van der Waals surface area contributed by atoms with Gasteiger partial charge in [-0.05, 0) is 51.1 Å². The molecule has 4 rings (SSSR count). The van der Waals surface area contributed by atoms with Crippen molar-refractivity contribution in [3.63, 3.8) is 0 Å². The summed E-state index contributed by atoms with van der Waals surface area (Å²) in [6, 6.07) is 15.3. The monoisotopic (exact) mass is 406 g/mol. The summed E-state index contributed by atoms with van der Waals surface area (Å²) in [7, 11) is 0. The van der Waals surface area contributed by atoms with E-state index in [2.05, 4.69) is 27.8 Å². The molecule has 0 saturated carbocycles. The molecule has 0 radical (unpaired) electrons. The Hall–Kier alpha value is -2.93. The molecule has 0 amide bonds. The molecule has 0 unspecified atom stereocenters. The SMILES string of the molecule is CCOc1ccc(C(=O)[C@@H](C)Sc2nnc3c4ccccc4n(CC)c3n2)cc1. The van der Waals surface area contributed by atoms with Crippen LogP contribution < -0.4 is 4.74 Å². The van der Waals surface area contributed by atoms with Crippen LogP contribution in [0.3, 0.4) is 0 Å². The van der Waals surface area contributed by atoms with E-state index in [0.29, 0.717) is 17.3 Å². The lowest BCUT2D eigenvalue weighted by Crippen LogP contribution is -2.14. The van der Waals surface area contributed by atoms with Gasteiger partial charge < -0.3 is 9.30 Å². The van der Waals surface area contributed by atoms with E-state index in [-0.39, 0.29) is 11.0 Å². The molecule has 0 bridgehead atoms. The number of ether oxygens (including phenoxy) is 1. The first-order valence-electron chi connectivity index (χ1n) is 9.67. The van der Waals surface area contributed by atoms with Gasteiger partial charge >= 0.3 is 0 Å². The number of benzene rings is 2. The molecular formula is C22H22N4O2S. The van der Waals surface area contributed by atoms with Crippen molar-refractivity contribution in [3.05, 3.63) is 54.1 Å². The van der Waals surface area contributed by atoms with E-state index in [1.807, 2.05) is 44.2 Å². The van der Waals surface area contributed by atoms with Crippen molar-refractivity contribution in [2.24, 2.45) is 0 Å². The number of carbonyl (C=O) groups is 1. The van der Waals surface area contributed by atoms with Gasteiger partial charge in [0.1, 0.15) is 11.3 Å². The van der Waals surface area contributed by atoms with Gasteiger partial charge in [0, 0.05) is 17.5 Å². The number of fused-ring (bicyclic) bond motifs is 3. The van der Waals surface area contributed by atoms with Crippen LogP contribution in [0.5, 0.6) is 5.75 Å². The maximum atomic E-state index is 12.8. The van der Waals surface area contributed by atoms with E-state index in [1.165, 1.54) is 11.8 Å². The first kappa shape index (κ1) is 19.4. The van der Waals surface area contributed by atoms with E-state index in [0.717, 1.165) is 34.4 Å². The fourth-order valence-electron chi connectivity index (χ4n) is 3.39. The Morgan fingerprint density at radius 3 is 2.59 bits per heavy atom. The highest BCUT2D eigenvalue weighted by Gasteiger charge is 2.20. The minimum atomic E-state index is -0.327. The van der Waals surface area contributed by atoms with Crippen LogP contribution in [0.1, 0.15) is 31.1 Å². The van der Waals surface area contributed by atoms with Crippen molar-refractivity contribution in [3.8, 4) is 5.75 Å². The second-order valence-corrected chi connectivity index (χ2v) is 7.92. The molecule has 0 aliphatic heterocycles. The van der Waals surface area contributed by atoms with Crippen molar-refractivity contribution in [1.82, 2.24) is 19.7 Å². The number of rotatable bonds is 7. The first-order valence-corrected chi connectivity index (χ1v) is 10.6. The van der Waals surface area contributed by atoms with Crippen LogP contribution in [0.4, 0.5) is 0 Å². The third kappa shape index (κ3) is 3.70. The molecule has 7 heteroatoms. The Balaban J connectivity index is 1.60. The lowest BCUT2D eigenvalue weighted by molar-refractivity contribution is 0.0994. The Labute approximate surface area is 173 Å². The maximum absolute atomic E-state index is 12.8. The second-order valence-electron chi connectivity index (χ2n) is 6.61. The number of aryl methyl sites for hydroxylation is 1. The zero-order chi connectivity index (χ0) is 20.4. The average Bonchev–Trinajstić information content (AvgIpc) is 3.07. The molecule has 4 aromatic rings. The van der Waals surface area contributed by atoms with E-state index >= 15 is 0 Å². The molecule has 1 atom stereocenters. The van der Waals surface area contributed by atoms with Gasteiger partial charge in [0.15, 0.2) is 11.4 Å². The second kappa shape index (κ2) is 8.21. The summed E-state index contributed by atoms with van der Waals surface area (Å²) in [5.41, 5.74) is 3.32. The quantitative estimate of drug-likeness (QED) is 0.325. The molecule has 148 valence electrons. The van der Waals surface area contributed by atoms with E-state index in [4.69, 9.17) is 9.72 Å². The van der Waals surface area contributed by atoms with Crippen LogP contribution in [-0.4, -0.2) is 37.4 Å². The summed E-state index contributed by atoms with van der Waals surface area (Å²) < 4.78 is 7.56. The summed E-state index contributed by atoms with van der Waals surface area (Å²) >= 11 is 1.33.